The second kappa shape index (κ2) is 6.16. The molecular formula is C18H17BrN2O2. The maximum Gasteiger partial charge on any atom is 0.256 e. The van der Waals surface area contributed by atoms with Crippen LogP contribution in [-0.2, 0) is 9.59 Å². The maximum absolute atomic E-state index is 12.7. The monoisotopic (exact) mass is 372 g/mol. The van der Waals surface area contributed by atoms with Crippen LogP contribution in [0.5, 0.6) is 0 Å². The first-order chi connectivity index (χ1) is 11.0. The number of rotatable bonds is 3. The third kappa shape index (κ3) is 3.01. The summed E-state index contributed by atoms with van der Waals surface area (Å²) >= 11 is 3.38. The fraction of sp³-hybridized carbons (Fsp3) is 0.222. The van der Waals surface area contributed by atoms with Crippen LogP contribution >= 0.6 is 15.9 Å². The number of carbonyl (C=O) groups excluding carboxylic acids is 2. The van der Waals surface area contributed by atoms with Gasteiger partial charge < -0.3 is 5.32 Å². The maximum atomic E-state index is 12.7. The number of para-hydroxylation sites is 1. The molecule has 0 radical (unpaired) electrons. The van der Waals surface area contributed by atoms with Crippen molar-refractivity contribution in [3.8, 4) is 0 Å². The first kappa shape index (κ1) is 15.7. The van der Waals surface area contributed by atoms with E-state index >= 15 is 0 Å². The predicted octanol–water partition coefficient (Wildman–Crippen LogP) is 3.81. The highest BCUT2D eigenvalue weighted by atomic mass is 79.9. The van der Waals surface area contributed by atoms with Gasteiger partial charge in [0.1, 0.15) is 6.04 Å². The first-order valence-corrected chi connectivity index (χ1v) is 8.22. The molecule has 1 aliphatic rings. The SMILES string of the molecule is Cc1cccc(C)c1N1C(=O)C[C@@H](Nc2ccc(Br)cc2)C1=O. The molecule has 2 amide bonds. The fourth-order valence-corrected chi connectivity index (χ4v) is 3.15. The number of amides is 2. The van der Waals surface area contributed by atoms with Crippen LogP contribution in [0.15, 0.2) is 46.9 Å². The second-order valence-electron chi connectivity index (χ2n) is 5.72. The summed E-state index contributed by atoms with van der Waals surface area (Å²) in [6.07, 6.45) is 0.169. The Kier molecular flexibility index (Phi) is 4.22. The summed E-state index contributed by atoms with van der Waals surface area (Å²) in [4.78, 5) is 26.4. The highest BCUT2D eigenvalue weighted by Gasteiger charge is 2.40. The zero-order valence-electron chi connectivity index (χ0n) is 13.0. The zero-order chi connectivity index (χ0) is 16.6. The molecule has 1 fully saturated rings. The van der Waals surface area contributed by atoms with Gasteiger partial charge in [-0.25, -0.2) is 4.90 Å². The van der Waals surface area contributed by atoms with Crippen molar-refractivity contribution in [1.82, 2.24) is 0 Å². The van der Waals surface area contributed by atoms with Crippen LogP contribution in [-0.4, -0.2) is 17.9 Å². The number of aryl methyl sites for hydroxylation is 2. The normalized spacial score (nSPS) is 17.7. The molecule has 0 aliphatic carbocycles. The number of nitrogens with zero attached hydrogens (tertiary/aromatic N) is 1. The molecular weight excluding hydrogens is 356 g/mol. The van der Waals surface area contributed by atoms with Crippen molar-refractivity contribution in [2.45, 2.75) is 26.3 Å². The molecule has 0 spiro atoms. The van der Waals surface area contributed by atoms with Gasteiger partial charge in [0.25, 0.3) is 5.91 Å². The Morgan fingerprint density at radius 2 is 1.65 bits per heavy atom. The van der Waals surface area contributed by atoms with Gasteiger partial charge in [-0.3, -0.25) is 9.59 Å². The number of hydrogen-bond donors (Lipinski definition) is 1. The third-order valence-electron chi connectivity index (χ3n) is 3.99. The van der Waals surface area contributed by atoms with Crippen molar-refractivity contribution in [2.75, 3.05) is 10.2 Å². The Morgan fingerprint density at radius 3 is 2.26 bits per heavy atom. The average molecular weight is 373 g/mol. The molecule has 2 aromatic rings. The predicted molar refractivity (Wildman–Crippen MR) is 94.6 cm³/mol. The van der Waals surface area contributed by atoms with Gasteiger partial charge in [0.2, 0.25) is 5.91 Å². The van der Waals surface area contributed by atoms with E-state index in [4.69, 9.17) is 0 Å². The molecule has 23 heavy (non-hydrogen) atoms. The van der Waals surface area contributed by atoms with E-state index in [0.717, 1.165) is 21.3 Å². The van der Waals surface area contributed by atoms with E-state index < -0.39 is 6.04 Å². The minimum absolute atomic E-state index is 0.165. The lowest BCUT2D eigenvalue weighted by molar-refractivity contribution is -0.121. The van der Waals surface area contributed by atoms with Crippen LogP contribution in [0.3, 0.4) is 0 Å². The van der Waals surface area contributed by atoms with Crippen molar-refractivity contribution in [3.05, 3.63) is 58.1 Å². The Labute approximate surface area is 143 Å². The number of nitrogens with one attached hydrogen (secondary N) is 1. The van der Waals surface area contributed by atoms with E-state index in [1.54, 1.807) is 0 Å². The van der Waals surface area contributed by atoms with Gasteiger partial charge in [0, 0.05) is 10.2 Å². The minimum Gasteiger partial charge on any atom is -0.373 e. The summed E-state index contributed by atoms with van der Waals surface area (Å²) in [5.74, 6) is -0.364. The number of imide groups is 1. The Bertz CT molecular complexity index is 751. The average Bonchev–Trinajstić information content (AvgIpc) is 2.77. The van der Waals surface area contributed by atoms with E-state index in [1.165, 1.54) is 4.90 Å². The molecule has 0 unspecified atom stereocenters. The molecule has 2 aromatic carbocycles. The van der Waals surface area contributed by atoms with Crippen molar-refractivity contribution >= 4 is 39.1 Å². The lowest BCUT2D eigenvalue weighted by Crippen LogP contribution is -2.35. The summed E-state index contributed by atoms with van der Waals surface area (Å²) in [7, 11) is 0. The smallest absolute Gasteiger partial charge is 0.256 e. The van der Waals surface area contributed by atoms with Crippen LogP contribution in [0.25, 0.3) is 0 Å². The van der Waals surface area contributed by atoms with Crippen molar-refractivity contribution in [1.29, 1.82) is 0 Å². The molecule has 0 aromatic heterocycles. The molecule has 0 bridgehead atoms. The van der Waals surface area contributed by atoms with Gasteiger partial charge in [-0.2, -0.15) is 0 Å². The standard InChI is InChI=1S/C18H17BrN2O2/c1-11-4-3-5-12(2)17(11)21-16(22)10-15(18(21)23)20-14-8-6-13(19)7-9-14/h3-9,15,20H,10H2,1-2H3/t15-/m1/s1. The molecule has 0 saturated carbocycles. The number of hydrogen-bond acceptors (Lipinski definition) is 3. The fourth-order valence-electron chi connectivity index (χ4n) is 2.89. The van der Waals surface area contributed by atoms with E-state index in [0.29, 0.717) is 5.69 Å². The Hall–Kier alpha value is -2.14. The van der Waals surface area contributed by atoms with E-state index in [1.807, 2.05) is 56.3 Å². The summed E-state index contributed by atoms with van der Waals surface area (Å²) in [5.41, 5.74) is 3.39. The number of benzene rings is 2. The van der Waals surface area contributed by atoms with Crippen LogP contribution in [0.4, 0.5) is 11.4 Å². The van der Waals surface area contributed by atoms with Crippen molar-refractivity contribution in [2.24, 2.45) is 0 Å². The van der Waals surface area contributed by atoms with Crippen LogP contribution in [0, 0.1) is 13.8 Å². The molecule has 4 nitrogen and oxygen atoms in total. The van der Waals surface area contributed by atoms with Crippen molar-refractivity contribution in [3.63, 3.8) is 0 Å². The lowest BCUT2D eigenvalue weighted by atomic mass is 10.1. The van der Waals surface area contributed by atoms with E-state index in [9.17, 15) is 9.59 Å². The number of halogens is 1. The van der Waals surface area contributed by atoms with Gasteiger partial charge in [-0.1, -0.05) is 34.1 Å². The van der Waals surface area contributed by atoms with Crippen molar-refractivity contribution < 1.29 is 9.59 Å². The zero-order valence-corrected chi connectivity index (χ0v) is 14.6. The van der Waals surface area contributed by atoms with Gasteiger partial charge >= 0.3 is 0 Å². The van der Waals surface area contributed by atoms with Crippen LogP contribution < -0.4 is 10.2 Å². The van der Waals surface area contributed by atoms with Crippen LogP contribution in [0.1, 0.15) is 17.5 Å². The van der Waals surface area contributed by atoms with Crippen LogP contribution in [0.2, 0.25) is 0 Å². The summed E-state index contributed by atoms with van der Waals surface area (Å²) in [5, 5.41) is 3.15. The summed E-state index contributed by atoms with van der Waals surface area (Å²) < 4.78 is 0.967. The highest BCUT2D eigenvalue weighted by molar-refractivity contribution is 9.10. The quantitative estimate of drug-likeness (QED) is 0.833. The Morgan fingerprint density at radius 1 is 1.04 bits per heavy atom. The Balaban J connectivity index is 1.87. The van der Waals surface area contributed by atoms with Gasteiger partial charge in [-0.15, -0.1) is 0 Å². The molecule has 1 saturated heterocycles. The molecule has 1 heterocycles. The lowest BCUT2D eigenvalue weighted by Gasteiger charge is -2.20. The molecule has 5 heteroatoms. The third-order valence-corrected chi connectivity index (χ3v) is 4.52. The summed E-state index contributed by atoms with van der Waals surface area (Å²) in [6.45, 7) is 3.83. The molecule has 1 aliphatic heterocycles. The second-order valence-corrected chi connectivity index (χ2v) is 6.63. The largest absolute Gasteiger partial charge is 0.373 e. The van der Waals surface area contributed by atoms with Gasteiger partial charge in [-0.05, 0) is 49.2 Å². The van der Waals surface area contributed by atoms with E-state index in [2.05, 4.69) is 21.2 Å². The first-order valence-electron chi connectivity index (χ1n) is 7.42. The molecule has 1 N–H and O–H groups in total. The number of carbonyl (C=O) groups is 2. The molecule has 118 valence electrons. The molecule has 3 rings (SSSR count). The highest BCUT2D eigenvalue weighted by Crippen LogP contribution is 2.30. The van der Waals surface area contributed by atoms with E-state index in [-0.39, 0.29) is 18.2 Å². The number of anilines is 2. The minimum atomic E-state index is -0.525. The topological polar surface area (TPSA) is 49.4 Å². The van der Waals surface area contributed by atoms with Gasteiger partial charge in [0.15, 0.2) is 0 Å². The summed E-state index contributed by atoms with van der Waals surface area (Å²) in [6, 6.07) is 12.8. The van der Waals surface area contributed by atoms with Gasteiger partial charge in [0.05, 0.1) is 12.1 Å². The molecule has 1 atom stereocenters.